The molecule has 0 spiro atoms. The summed E-state index contributed by atoms with van der Waals surface area (Å²) in [6.45, 7) is 2.30. The number of hydrogen-bond acceptors (Lipinski definition) is 3. The first-order chi connectivity index (χ1) is 11.8. The predicted octanol–water partition coefficient (Wildman–Crippen LogP) is 3.27. The summed E-state index contributed by atoms with van der Waals surface area (Å²) in [7, 11) is 0. The van der Waals surface area contributed by atoms with Gasteiger partial charge in [-0.2, -0.15) is 5.10 Å². The van der Waals surface area contributed by atoms with Crippen molar-refractivity contribution in [3.8, 4) is 0 Å². The van der Waals surface area contributed by atoms with Crippen molar-refractivity contribution in [2.24, 2.45) is 0 Å². The van der Waals surface area contributed by atoms with Gasteiger partial charge < -0.3 is 9.47 Å². The molecule has 6 heteroatoms. The van der Waals surface area contributed by atoms with Crippen molar-refractivity contribution in [1.29, 1.82) is 0 Å². The molecule has 5 nitrogen and oxygen atoms in total. The number of carbonyl (C=O) groups excluding carboxylic acids is 1. The molecule has 0 aliphatic carbocycles. The Morgan fingerprint density at radius 1 is 1.25 bits per heavy atom. The largest absolute Gasteiger partial charge is 0.338 e. The average Bonchev–Trinajstić information content (AvgIpc) is 3.37. The Bertz CT molecular complexity index is 791. The van der Waals surface area contributed by atoms with Gasteiger partial charge in [0.05, 0.1) is 12.6 Å². The van der Waals surface area contributed by atoms with Gasteiger partial charge in [0.2, 0.25) is 0 Å². The molecule has 3 aromatic heterocycles. The van der Waals surface area contributed by atoms with Gasteiger partial charge >= 0.3 is 0 Å². The van der Waals surface area contributed by atoms with Gasteiger partial charge in [0.15, 0.2) is 0 Å². The van der Waals surface area contributed by atoms with Crippen molar-refractivity contribution in [2.75, 3.05) is 13.1 Å². The van der Waals surface area contributed by atoms with Crippen LogP contribution in [-0.2, 0) is 6.54 Å². The van der Waals surface area contributed by atoms with E-state index >= 15 is 0 Å². The fourth-order valence-corrected chi connectivity index (χ4v) is 4.03. The molecule has 1 saturated heterocycles. The first kappa shape index (κ1) is 15.2. The molecular weight excluding hydrogens is 320 g/mol. The monoisotopic (exact) mass is 340 g/mol. The quantitative estimate of drug-likeness (QED) is 0.731. The lowest BCUT2D eigenvalue weighted by Gasteiger charge is -2.33. The van der Waals surface area contributed by atoms with Gasteiger partial charge in [0.25, 0.3) is 5.91 Å². The molecule has 4 rings (SSSR count). The third kappa shape index (κ3) is 3.01. The zero-order valence-electron chi connectivity index (χ0n) is 13.4. The van der Waals surface area contributed by atoms with E-state index < -0.39 is 0 Å². The van der Waals surface area contributed by atoms with Crippen LogP contribution < -0.4 is 0 Å². The number of piperidine rings is 1. The molecule has 0 saturated carbocycles. The van der Waals surface area contributed by atoms with Gasteiger partial charge in [0, 0.05) is 36.6 Å². The Morgan fingerprint density at radius 2 is 2.21 bits per heavy atom. The van der Waals surface area contributed by atoms with Crippen molar-refractivity contribution in [1.82, 2.24) is 19.2 Å². The molecule has 0 bridgehead atoms. The van der Waals surface area contributed by atoms with Crippen LogP contribution in [0, 0.1) is 0 Å². The average molecular weight is 340 g/mol. The van der Waals surface area contributed by atoms with Gasteiger partial charge in [0.1, 0.15) is 5.69 Å². The molecule has 1 aliphatic rings. The Hall–Kier alpha value is -2.34. The number of thiophene rings is 1. The molecule has 1 amide bonds. The van der Waals surface area contributed by atoms with Crippen molar-refractivity contribution < 1.29 is 4.79 Å². The van der Waals surface area contributed by atoms with E-state index in [9.17, 15) is 4.79 Å². The standard InChI is InChI=1S/C18H20N4OS/c23-18(17-7-2-9-20(17)14-16-6-3-12-24-16)21-10-1-5-15(13-21)22-11-4-8-19-22/h2-4,6-9,11-12,15H,1,5,10,13-14H2/t15-/m0/s1. The Labute approximate surface area is 145 Å². The van der Waals surface area contributed by atoms with Crippen LogP contribution in [0.15, 0.2) is 54.3 Å². The molecule has 0 unspecified atom stereocenters. The van der Waals surface area contributed by atoms with E-state index in [0.717, 1.165) is 38.2 Å². The molecule has 4 heterocycles. The van der Waals surface area contributed by atoms with Crippen LogP contribution in [0.1, 0.15) is 34.2 Å². The van der Waals surface area contributed by atoms with Gasteiger partial charge in [-0.05, 0) is 42.5 Å². The second-order valence-electron chi connectivity index (χ2n) is 6.13. The van der Waals surface area contributed by atoms with E-state index in [0.29, 0.717) is 0 Å². The SMILES string of the molecule is O=C(c1cccn1Cc1cccs1)N1CCC[C@H](n2cccn2)C1. The summed E-state index contributed by atoms with van der Waals surface area (Å²) in [5, 5.41) is 6.41. The van der Waals surface area contributed by atoms with Crippen LogP contribution in [0.2, 0.25) is 0 Å². The van der Waals surface area contributed by atoms with E-state index in [1.165, 1.54) is 4.88 Å². The van der Waals surface area contributed by atoms with Gasteiger partial charge in [-0.15, -0.1) is 11.3 Å². The first-order valence-electron chi connectivity index (χ1n) is 8.27. The molecule has 1 fully saturated rings. The molecule has 0 aromatic carbocycles. The van der Waals surface area contributed by atoms with Crippen molar-refractivity contribution in [3.63, 3.8) is 0 Å². The van der Waals surface area contributed by atoms with E-state index in [1.54, 1.807) is 17.5 Å². The van der Waals surface area contributed by atoms with Crippen molar-refractivity contribution >= 4 is 17.2 Å². The minimum absolute atomic E-state index is 0.119. The lowest BCUT2D eigenvalue weighted by Crippen LogP contribution is -2.41. The molecule has 0 radical (unpaired) electrons. The zero-order valence-corrected chi connectivity index (χ0v) is 14.2. The lowest BCUT2D eigenvalue weighted by molar-refractivity contribution is 0.0662. The summed E-state index contributed by atoms with van der Waals surface area (Å²) in [6.07, 6.45) is 7.86. The zero-order chi connectivity index (χ0) is 16.4. The molecule has 3 aromatic rings. The third-order valence-corrected chi connectivity index (χ3v) is 5.40. The Balaban J connectivity index is 1.50. The number of nitrogens with zero attached hydrogens (tertiary/aromatic N) is 4. The number of rotatable bonds is 4. The molecule has 1 aliphatic heterocycles. The fourth-order valence-electron chi connectivity index (χ4n) is 3.33. The highest BCUT2D eigenvalue weighted by molar-refractivity contribution is 7.09. The smallest absolute Gasteiger partial charge is 0.270 e. The van der Waals surface area contributed by atoms with Gasteiger partial charge in [-0.1, -0.05) is 6.07 Å². The number of carbonyl (C=O) groups is 1. The summed E-state index contributed by atoms with van der Waals surface area (Å²) in [5.74, 6) is 0.119. The number of hydrogen-bond donors (Lipinski definition) is 0. The lowest BCUT2D eigenvalue weighted by atomic mass is 10.1. The van der Waals surface area contributed by atoms with Crippen LogP contribution in [0.4, 0.5) is 0 Å². The van der Waals surface area contributed by atoms with Crippen LogP contribution in [0.3, 0.4) is 0 Å². The summed E-state index contributed by atoms with van der Waals surface area (Å²) >= 11 is 1.72. The number of likely N-dealkylation sites (tertiary alicyclic amines) is 1. The van der Waals surface area contributed by atoms with Gasteiger partial charge in [-0.3, -0.25) is 9.48 Å². The fraction of sp³-hybridized carbons (Fsp3) is 0.333. The normalized spacial score (nSPS) is 18.0. The Kier molecular flexibility index (Phi) is 4.21. The second-order valence-corrected chi connectivity index (χ2v) is 7.17. The predicted molar refractivity (Wildman–Crippen MR) is 94.3 cm³/mol. The molecule has 1 atom stereocenters. The summed E-state index contributed by atoms with van der Waals surface area (Å²) < 4.78 is 4.02. The molecule has 24 heavy (non-hydrogen) atoms. The van der Waals surface area contributed by atoms with Crippen molar-refractivity contribution in [3.05, 3.63) is 64.9 Å². The van der Waals surface area contributed by atoms with Crippen LogP contribution in [0.25, 0.3) is 0 Å². The van der Waals surface area contributed by atoms with Crippen molar-refractivity contribution in [2.45, 2.75) is 25.4 Å². The highest BCUT2D eigenvalue weighted by atomic mass is 32.1. The highest BCUT2D eigenvalue weighted by Gasteiger charge is 2.27. The second kappa shape index (κ2) is 6.65. The third-order valence-electron chi connectivity index (χ3n) is 4.54. The van der Waals surface area contributed by atoms with E-state index in [-0.39, 0.29) is 11.9 Å². The summed E-state index contributed by atoms with van der Waals surface area (Å²) in [6, 6.07) is 10.2. The van der Waals surface area contributed by atoms with Gasteiger partial charge in [-0.25, -0.2) is 0 Å². The van der Waals surface area contributed by atoms with E-state index in [1.807, 2.05) is 50.8 Å². The van der Waals surface area contributed by atoms with E-state index in [2.05, 4.69) is 16.5 Å². The molecule has 0 N–H and O–H groups in total. The maximum atomic E-state index is 13.0. The van der Waals surface area contributed by atoms with Crippen LogP contribution >= 0.6 is 11.3 Å². The Morgan fingerprint density at radius 3 is 3.00 bits per heavy atom. The van der Waals surface area contributed by atoms with E-state index in [4.69, 9.17) is 0 Å². The summed E-state index contributed by atoms with van der Waals surface area (Å²) in [5.41, 5.74) is 0.768. The first-order valence-corrected chi connectivity index (χ1v) is 9.15. The number of amides is 1. The topological polar surface area (TPSA) is 43.1 Å². The summed E-state index contributed by atoms with van der Waals surface area (Å²) in [4.78, 5) is 16.2. The minimum Gasteiger partial charge on any atom is -0.338 e. The maximum Gasteiger partial charge on any atom is 0.270 e. The highest BCUT2D eigenvalue weighted by Crippen LogP contribution is 2.23. The van der Waals surface area contributed by atoms with Crippen LogP contribution in [0.5, 0.6) is 0 Å². The number of aromatic nitrogens is 3. The molecule has 124 valence electrons. The van der Waals surface area contributed by atoms with Crippen LogP contribution in [-0.4, -0.2) is 38.2 Å². The maximum absolute atomic E-state index is 13.0. The molecular formula is C18H20N4OS. The minimum atomic E-state index is 0.119.